The number of sulfonamides is 1. The topological polar surface area (TPSA) is 71.4 Å². The van der Waals surface area contributed by atoms with Gasteiger partial charge in [-0.3, -0.25) is 4.79 Å². The van der Waals surface area contributed by atoms with Crippen molar-refractivity contribution in [3.8, 4) is 0 Å². The molecule has 26 heavy (non-hydrogen) atoms. The first-order valence-corrected chi connectivity index (χ1v) is 10.7. The number of carbonyl (C=O) groups excluding carboxylic acids is 1. The van der Waals surface area contributed by atoms with Crippen LogP contribution in [-0.4, -0.2) is 36.3 Å². The summed E-state index contributed by atoms with van der Waals surface area (Å²) < 4.78 is 29.6. The van der Waals surface area contributed by atoms with Gasteiger partial charge in [0.05, 0.1) is 0 Å². The zero-order valence-corrected chi connectivity index (χ0v) is 17.2. The van der Waals surface area contributed by atoms with Crippen molar-refractivity contribution in [1.82, 2.24) is 8.87 Å². The van der Waals surface area contributed by atoms with Crippen molar-refractivity contribution in [2.75, 3.05) is 18.4 Å². The fourth-order valence-electron chi connectivity index (χ4n) is 3.04. The minimum Gasteiger partial charge on any atom is -0.345 e. The monoisotopic (exact) mass is 439 g/mol. The summed E-state index contributed by atoms with van der Waals surface area (Å²) in [6, 6.07) is 8.69. The number of piperidine rings is 1. The van der Waals surface area contributed by atoms with Gasteiger partial charge < -0.3 is 9.88 Å². The highest BCUT2D eigenvalue weighted by atomic mass is 79.9. The lowest BCUT2D eigenvalue weighted by Crippen LogP contribution is -2.37. The van der Waals surface area contributed by atoms with Crippen LogP contribution in [-0.2, 0) is 17.1 Å². The normalized spacial score (nSPS) is 16.6. The SMILES string of the molecule is CC1CCN(S(=O)(=O)c2cc(C(=O)Nc3cccc(Br)c3)n(C)c2)CC1. The van der Waals surface area contributed by atoms with Crippen LogP contribution in [0.1, 0.15) is 30.3 Å². The predicted molar refractivity (Wildman–Crippen MR) is 105 cm³/mol. The average molecular weight is 440 g/mol. The highest BCUT2D eigenvalue weighted by Crippen LogP contribution is 2.25. The fourth-order valence-corrected chi connectivity index (χ4v) is 4.98. The second-order valence-electron chi connectivity index (χ2n) is 6.72. The average Bonchev–Trinajstić information content (AvgIpc) is 2.98. The summed E-state index contributed by atoms with van der Waals surface area (Å²) in [7, 11) is -1.90. The third kappa shape index (κ3) is 4.02. The van der Waals surface area contributed by atoms with Gasteiger partial charge in [0.1, 0.15) is 10.6 Å². The molecule has 3 rings (SSSR count). The van der Waals surface area contributed by atoms with Crippen molar-refractivity contribution in [1.29, 1.82) is 0 Å². The number of nitrogens with zero attached hydrogens (tertiary/aromatic N) is 2. The molecule has 1 fully saturated rings. The molecule has 140 valence electrons. The molecule has 2 heterocycles. The molecule has 6 nitrogen and oxygen atoms in total. The smallest absolute Gasteiger partial charge is 0.272 e. The molecule has 1 aromatic carbocycles. The lowest BCUT2D eigenvalue weighted by Gasteiger charge is -2.29. The van der Waals surface area contributed by atoms with Gasteiger partial charge >= 0.3 is 0 Å². The summed E-state index contributed by atoms with van der Waals surface area (Å²) in [5.74, 6) is 0.197. The molecule has 1 amide bonds. The van der Waals surface area contributed by atoms with Crippen molar-refractivity contribution in [3.63, 3.8) is 0 Å². The summed E-state index contributed by atoms with van der Waals surface area (Å²) in [6.45, 7) is 3.19. The lowest BCUT2D eigenvalue weighted by molar-refractivity contribution is 0.101. The molecule has 0 atom stereocenters. The number of aryl methyl sites for hydroxylation is 1. The van der Waals surface area contributed by atoms with E-state index in [1.807, 2.05) is 12.1 Å². The van der Waals surface area contributed by atoms with E-state index in [2.05, 4.69) is 28.2 Å². The van der Waals surface area contributed by atoms with Gasteiger partial charge in [0.25, 0.3) is 5.91 Å². The number of halogens is 1. The van der Waals surface area contributed by atoms with Gasteiger partial charge in [0.15, 0.2) is 0 Å². The molecule has 1 aliphatic rings. The van der Waals surface area contributed by atoms with Crippen molar-refractivity contribution < 1.29 is 13.2 Å². The number of nitrogens with one attached hydrogen (secondary N) is 1. The van der Waals surface area contributed by atoms with Crippen LogP contribution in [0.5, 0.6) is 0 Å². The highest BCUT2D eigenvalue weighted by molar-refractivity contribution is 9.10. The fraction of sp³-hybridized carbons (Fsp3) is 0.389. The van der Waals surface area contributed by atoms with Crippen molar-refractivity contribution in [2.45, 2.75) is 24.7 Å². The number of hydrogen-bond donors (Lipinski definition) is 1. The standard InChI is InChI=1S/C18H22BrN3O3S/c1-13-6-8-22(9-7-13)26(24,25)16-11-17(21(2)12-16)18(23)20-15-5-3-4-14(19)10-15/h3-5,10-13H,6-9H2,1-2H3,(H,20,23). The van der Waals surface area contributed by atoms with Gasteiger partial charge in [0.2, 0.25) is 10.0 Å². The largest absolute Gasteiger partial charge is 0.345 e. The van der Waals surface area contributed by atoms with E-state index < -0.39 is 10.0 Å². The molecule has 0 aliphatic carbocycles. The molecule has 0 radical (unpaired) electrons. The number of anilines is 1. The van der Waals surface area contributed by atoms with Crippen LogP contribution >= 0.6 is 15.9 Å². The Kier molecular flexibility index (Phi) is 5.55. The number of benzene rings is 1. The van der Waals surface area contributed by atoms with Crippen LogP contribution in [0.25, 0.3) is 0 Å². The van der Waals surface area contributed by atoms with E-state index >= 15 is 0 Å². The molecule has 1 aliphatic heterocycles. The Morgan fingerprint density at radius 3 is 2.58 bits per heavy atom. The Morgan fingerprint density at radius 2 is 1.92 bits per heavy atom. The quantitative estimate of drug-likeness (QED) is 0.792. The maximum absolute atomic E-state index is 12.9. The number of rotatable bonds is 4. The van der Waals surface area contributed by atoms with Crippen LogP contribution in [0.2, 0.25) is 0 Å². The van der Waals surface area contributed by atoms with E-state index in [0.717, 1.165) is 17.3 Å². The first kappa shape index (κ1) is 19.1. The number of aromatic nitrogens is 1. The van der Waals surface area contributed by atoms with Crippen molar-refractivity contribution >= 4 is 37.5 Å². The highest BCUT2D eigenvalue weighted by Gasteiger charge is 2.30. The van der Waals surface area contributed by atoms with Gasteiger partial charge in [-0.25, -0.2) is 8.42 Å². The predicted octanol–water partition coefficient (Wildman–Crippen LogP) is 3.46. The van der Waals surface area contributed by atoms with Crippen LogP contribution in [0.4, 0.5) is 5.69 Å². The second kappa shape index (κ2) is 7.54. The number of hydrogen-bond acceptors (Lipinski definition) is 3. The number of amides is 1. The van der Waals surface area contributed by atoms with Gasteiger partial charge in [0, 0.05) is 36.5 Å². The Balaban J connectivity index is 1.81. The van der Waals surface area contributed by atoms with E-state index in [1.165, 1.54) is 16.6 Å². The third-order valence-electron chi connectivity index (χ3n) is 4.68. The van der Waals surface area contributed by atoms with Crippen molar-refractivity contribution in [3.05, 3.63) is 46.7 Å². The van der Waals surface area contributed by atoms with E-state index in [4.69, 9.17) is 0 Å². The Bertz CT molecular complexity index is 916. The maximum Gasteiger partial charge on any atom is 0.272 e. The zero-order valence-electron chi connectivity index (χ0n) is 14.8. The molecule has 0 bridgehead atoms. The van der Waals surface area contributed by atoms with E-state index in [1.54, 1.807) is 23.7 Å². The van der Waals surface area contributed by atoms with Gasteiger partial charge in [-0.15, -0.1) is 0 Å². The number of carbonyl (C=O) groups is 1. The summed E-state index contributed by atoms with van der Waals surface area (Å²) in [6.07, 6.45) is 3.23. The first-order chi connectivity index (χ1) is 12.3. The Labute approximate surface area is 162 Å². The molecule has 2 aromatic rings. The van der Waals surface area contributed by atoms with E-state index in [9.17, 15) is 13.2 Å². The molecule has 8 heteroatoms. The Morgan fingerprint density at radius 1 is 1.23 bits per heavy atom. The van der Waals surface area contributed by atoms with Crippen LogP contribution in [0.15, 0.2) is 45.9 Å². The van der Waals surface area contributed by atoms with Gasteiger partial charge in [-0.2, -0.15) is 4.31 Å². The van der Waals surface area contributed by atoms with Crippen LogP contribution in [0.3, 0.4) is 0 Å². The van der Waals surface area contributed by atoms with Gasteiger partial charge in [-0.1, -0.05) is 28.9 Å². The molecule has 1 aromatic heterocycles. The molecule has 0 saturated carbocycles. The summed E-state index contributed by atoms with van der Waals surface area (Å²) >= 11 is 3.36. The minimum absolute atomic E-state index is 0.161. The zero-order chi connectivity index (χ0) is 18.9. The van der Waals surface area contributed by atoms with Crippen LogP contribution in [0, 0.1) is 5.92 Å². The first-order valence-electron chi connectivity index (χ1n) is 8.51. The van der Waals surface area contributed by atoms with E-state index in [-0.39, 0.29) is 10.8 Å². The summed E-state index contributed by atoms with van der Waals surface area (Å²) in [5, 5.41) is 2.79. The molecule has 1 saturated heterocycles. The molecule has 0 unspecified atom stereocenters. The van der Waals surface area contributed by atoms with Crippen molar-refractivity contribution in [2.24, 2.45) is 13.0 Å². The maximum atomic E-state index is 12.9. The minimum atomic E-state index is -3.58. The van der Waals surface area contributed by atoms with E-state index in [0.29, 0.717) is 30.4 Å². The third-order valence-corrected chi connectivity index (χ3v) is 7.03. The summed E-state index contributed by atoms with van der Waals surface area (Å²) in [5.41, 5.74) is 0.939. The molecular weight excluding hydrogens is 418 g/mol. The second-order valence-corrected chi connectivity index (χ2v) is 9.58. The molecular formula is C18H22BrN3O3S. The summed E-state index contributed by atoms with van der Waals surface area (Å²) in [4.78, 5) is 12.7. The molecule has 1 N–H and O–H groups in total. The van der Waals surface area contributed by atoms with Crippen LogP contribution < -0.4 is 5.32 Å². The Hall–Kier alpha value is -1.64. The van der Waals surface area contributed by atoms with Gasteiger partial charge in [-0.05, 0) is 43.0 Å². The lowest BCUT2D eigenvalue weighted by atomic mass is 10.0. The molecule has 0 spiro atoms.